The minimum absolute atomic E-state index is 0.159. The van der Waals surface area contributed by atoms with Gasteiger partial charge >= 0.3 is 6.18 Å². The number of carbonyl (C=O) groups excluding carboxylic acids is 1. The van der Waals surface area contributed by atoms with Crippen molar-refractivity contribution in [2.75, 3.05) is 0 Å². The van der Waals surface area contributed by atoms with E-state index in [-0.39, 0.29) is 23.2 Å². The molecule has 9 heteroatoms. The molecule has 6 nitrogen and oxygen atoms in total. The maximum atomic E-state index is 13.5. The molecule has 0 bridgehead atoms. The maximum absolute atomic E-state index is 13.5. The van der Waals surface area contributed by atoms with Crippen LogP contribution in [-0.4, -0.2) is 27.9 Å². The molecule has 5 atom stereocenters. The zero-order valence-electron chi connectivity index (χ0n) is 14.7. The highest BCUT2D eigenvalue weighted by Gasteiger charge is 2.55. The SMILES string of the molecule is Cn1cc([C@@H]2[C@H](C#N)[C@H](N)O[C@@H]3CC(C)(C)CC(=O)[C@H]23)c(C(F)(F)F)n1. The normalized spacial score (nSPS) is 34.2. The van der Waals surface area contributed by atoms with Gasteiger partial charge in [0.1, 0.15) is 12.0 Å². The summed E-state index contributed by atoms with van der Waals surface area (Å²) >= 11 is 0. The number of nitrogens with two attached hydrogens (primary N) is 1. The fraction of sp³-hybridized carbons (Fsp3) is 0.706. The number of alkyl halides is 3. The summed E-state index contributed by atoms with van der Waals surface area (Å²) in [6.07, 6.45) is -4.41. The summed E-state index contributed by atoms with van der Waals surface area (Å²) in [5.74, 6) is -3.09. The van der Waals surface area contributed by atoms with E-state index in [0.717, 1.165) is 4.68 Å². The Morgan fingerprint density at radius 2 is 2.08 bits per heavy atom. The standard InChI is InChI=1S/C17H21F3N4O2/c1-16(2)4-10(25)13-11(5-16)26-15(22)8(6-21)12(13)9-7-24(3)23-14(9)17(18,19)20/h7-8,11-13,15H,4-5,22H2,1-3H3/t8-,11+,12-,13-,15+/m0/s1. The molecule has 26 heavy (non-hydrogen) atoms. The molecule has 0 radical (unpaired) electrons. The van der Waals surface area contributed by atoms with Crippen molar-refractivity contribution >= 4 is 5.78 Å². The van der Waals surface area contributed by atoms with Crippen molar-refractivity contribution in [2.45, 2.75) is 51.1 Å². The van der Waals surface area contributed by atoms with Gasteiger partial charge in [-0.25, -0.2) is 0 Å². The number of ether oxygens (including phenoxy) is 1. The second kappa shape index (κ2) is 6.06. The Kier molecular flexibility index (Phi) is 4.40. The van der Waals surface area contributed by atoms with Crippen LogP contribution in [0.5, 0.6) is 0 Å². The summed E-state index contributed by atoms with van der Waals surface area (Å²) < 4.78 is 47.2. The van der Waals surface area contributed by atoms with Crippen molar-refractivity contribution in [1.82, 2.24) is 9.78 Å². The Morgan fingerprint density at radius 3 is 2.65 bits per heavy atom. The van der Waals surface area contributed by atoms with Crippen molar-refractivity contribution in [3.05, 3.63) is 17.5 Å². The average molecular weight is 370 g/mol. The highest BCUT2D eigenvalue weighted by molar-refractivity contribution is 5.84. The van der Waals surface area contributed by atoms with E-state index in [1.165, 1.54) is 13.2 Å². The molecule has 2 N–H and O–H groups in total. The van der Waals surface area contributed by atoms with E-state index in [9.17, 15) is 23.2 Å². The zero-order chi connectivity index (χ0) is 19.4. The summed E-state index contributed by atoms with van der Waals surface area (Å²) in [6.45, 7) is 3.82. The van der Waals surface area contributed by atoms with Gasteiger partial charge in [0.05, 0.1) is 24.0 Å². The third-order valence-corrected chi connectivity index (χ3v) is 5.27. The Labute approximate surface area is 149 Å². The fourth-order valence-corrected chi connectivity index (χ4v) is 4.33. The Morgan fingerprint density at radius 1 is 1.42 bits per heavy atom. The summed E-state index contributed by atoms with van der Waals surface area (Å²) in [7, 11) is 1.38. The van der Waals surface area contributed by atoms with Crippen LogP contribution < -0.4 is 5.73 Å². The van der Waals surface area contributed by atoms with Gasteiger partial charge in [-0.1, -0.05) is 13.8 Å². The van der Waals surface area contributed by atoms with E-state index in [1.54, 1.807) is 0 Å². The molecular weight excluding hydrogens is 349 g/mol. The number of nitriles is 1. The van der Waals surface area contributed by atoms with Crippen LogP contribution in [0.25, 0.3) is 0 Å². The number of nitrogens with zero attached hydrogens (tertiary/aromatic N) is 3. The third kappa shape index (κ3) is 3.12. The topological polar surface area (TPSA) is 93.9 Å². The van der Waals surface area contributed by atoms with Gasteiger partial charge in [0, 0.05) is 31.1 Å². The highest BCUT2D eigenvalue weighted by atomic mass is 19.4. The van der Waals surface area contributed by atoms with Crippen LogP contribution >= 0.6 is 0 Å². The molecule has 2 fully saturated rings. The lowest BCUT2D eigenvalue weighted by molar-refractivity contribution is -0.166. The van der Waals surface area contributed by atoms with Crippen molar-refractivity contribution in [3.63, 3.8) is 0 Å². The second-order valence-electron chi connectivity index (χ2n) is 7.96. The van der Waals surface area contributed by atoms with Crippen LogP contribution in [0.4, 0.5) is 13.2 Å². The minimum atomic E-state index is -4.69. The number of ketones is 1. The first kappa shape index (κ1) is 18.9. The first-order valence-electron chi connectivity index (χ1n) is 8.39. The number of fused-ring (bicyclic) bond motifs is 1. The fourth-order valence-electron chi connectivity index (χ4n) is 4.33. The van der Waals surface area contributed by atoms with Crippen molar-refractivity contribution in [2.24, 2.45) is 30.0 Å². The largest absolute Gasteiger partial charge is 0.435 e. The van der Waals surface area contributed by atoms with Crippen LogP contribution in [0.15, 0.2) is 6.20 Å². The van der Waals surface area contributed by atoms with Crippen LogP contribution in [0, 0.1) is 28.6 Å². The molecular formula is C17H21F3N4O2. The van der Waals surface area contributed by atoms with Gasteiger partial charge < -0.3 is 10.5 Å². The van der Waals surface area contributed by atoms with E-state index in [0.29, 0.717) is 6.42 Å². The molecule has 0 spiro atoms. The molecule has 0 aromatic carbocycles. The van der Waals surface area contributed by atoms with E-state index in [4.69, 9.17) is 10.5 Å². The molecule has 1 aromatic heterocycles. The van der Waals surface area contributed by atoms with Crippen LogP contribution in [0.2, 0.25) is 0 Å². The molecule has 0 amide bonds. The molecule has 1 aliphatic heterocycles. The quantitative estimate of drug-likeness (QED) is 0.819. The monoisotopic (exact) mass is 370 g/mol. The molecule has 1 saturated carbocycles. The zero-order valence-corrected chi connectivity index (χ0v) is 14.7. The number of Topliss-reactive ketones (excluding diaryl/α,β-unsaturated/α-hetero) is 1. The van der Waals surface area contributed by atoms with Crippen LogP contribution in [-0.2, 0) is 22.8 Å². The number of hydrogen-bond donors (Lipinski definition) is 1. The molecule has 142 valence electrons. The van der Waals surface area contributed by atoms with E-state index in [1.807, 2.05) is 19.9 Å². The number of halogens is 3. The average Bonchev–Trinajstić information content (AvgIpc) is 2.86. The maximum Gasteiger partial charge on any atom is 0.435 e. The first-order valence-corrected chi connectivity index (χ1v) is 8.39. The van der Waals surface area contributed by atoms with E-state index in [2.05, 4.69) is 5.10 Å². The number of carbonyl (C=O) groups is 1. The van der Waals surface area contributed by atoms with Gasteiger partial charge in [-0.2, -0.15) is 23.5 Å². The van der Waals surface area contributed by atoms with Crippen LogP contribution in [0.3, 0.4) is 0 Å². The predicted molar refractivity (Wildman–Crippen MR) is 84.4 cm³/mol. The Balaban J connectivity index is 2.14. The molecule has 1 aromatic rings. The van der Waals surface area contributed by atoms with Crippen LogP contribution in [0.1, 0.15) is 43.9 Å². The van der Waals surface area contributed by atoms with E-state index < -0.39 is 42.0 Å². The summed E-state index contributed by atoms with van der Waals surface area (Å²) in [4.78, 5) is 12.8. The molecule has 2 aliphatic rings. The van der Waals surface area contributed by atoms with Gasteiger partial charge in [0.15, 0.2) is 5.69 Å². The van der Waals surface area contributed by atoms with Gasteiger partial charge in [-0.15, -0.1) is 0 Å². The lowest BCUT2D eigenvalue weighted by Crippen LogP contribution is -2.56. The van der Waals surface area contributed by atoms with Crippen molar-refractivity contribution < 1.29 is 22.7 Å². The van der Waals surface area contributed by atoms with Gasteiger partial charge in [0.2, 0.25) is 0 Å². The molecule has 3 rings (SSSR count). The highest BCUT2D eigenvalue weighted by Crippen LogP contribution is 2.51. The lowest BCUT2D eigenvalue weighted by Gasteiger charge is -2.48. The smallest absolute Gasteiger partial charge is 0.358 e. The van der Waals surface area contributed by atoms with Gasteiger partial charge in [-0.3, -0.25) is 9.48 Å². The summed E-state index contributed by atoms with van der Waals surface area (Å²) in [6, 6.07) is 1.96. The number of aromatic nitrogens is 2. The van der Waals surface area contributed by atoms with E-state index >= 15 is 0 Å². The predicted octanol–water partition coefficient (Wildman–Crippen LogP) is 2.35. The van der Waals surface area contributed by atoms with Gasteiger partial charge in [-0.05, 0) is 11.8 Å². The summed E-state index contributed by atoms with van der Waals surface area (Å²) in [5, 5.41) is 13.1. The minimum Gasteiger partial charge on any atom is -0.358 e. The lowest BCUT2D eigenvalue weighted by atomic mass is 9.61. The number of aryl methyl sites for hydroxylation is 1. The van der Waals surface area contributed by atoms with Crippen molar-refractivity contribution in [3.8, 4) is 6.07 Å². The molecule has 1 saturated heterocycles. The summed E-state index contributed by atoms with van der Waals surface area (Å²) in [5.41, 5.74) is 4.40. The van der Waals surface area contributed by atoms with Gasteiger partial charge in [0.25, 0.3) is 0 Å². The molecule has 1 aliphatic carbocycles. The first-order chi connectivity index (χ1) is 11.9. The number of rotatable bonds is 1. The Bertz CT molecular complexity index is 765. The Hall–Kier alpha value is -1.92. The molecule has 0 unspecified atom stereocenters. The number of hydrogen-bond acceptors (Lipinski definition) is 5. The van der Waals surface area contributed by atoms with Crippen molar-refractivity contribution in [1.29, 1.82) is 5.26 Å². The molecule has 2 heterocycles. The second-order valence-corrected chi connectivity index (χ2v) is 7.96. The third-order valence-electron chi connectivity index (χ3n) is 5.27.